The van der Waals surface area contributed by atoms with E-state index in [0.29, 0.717) is 11.3 Å². The minimum absolute atomic E-state index is 0.417. The third-order valence-corrected chi connectivity index (χ3v) is 4.74. The Kier molecular flexibility index (Phi) is 3.77. The van der Waals surface area contributed by atoms with Gasteiger partial charge in [-0.15, -0.1) is 0 Å². The molecule has 0 spiro atoms. The largest absolute Gasteiger partial charge is 0.380 e. The number of ether oxygens (including phenoxy) is 1. The number of aryl methyl sites for hydroxylation is 1. The molecular weight excluding hydrogens is 258 g/mol. The highest BCUT2D eigenvalue weighted by atomic mass is 32.2. The maximum Gasteiger partial charge on any atom is 0.166 e. The number of aromatic nitrogens is 2. The van der Waals surface area contributed by atoms with Gasteiger partial charge in [0.2, 0.25) is 0 Å². The summed E-state index contributed by atoms with van der Waals surface area (Å²) in [5.41, 5.74) is 3.40. The third kappa shape index (κ3) is 2.78. The molecule has 0 amide bonds. The molecule has 1 fully saturated rings. The van der Waals surface area contributed by atoms with Gasteiger partial charge in [-0.3, -0.25) is 0 Å². The van der Waals surface area contributed by atoms with Crippen LogP contribution in [0.3, 0.4) is 0 Å². The van der Waals surface area contributed by atoms with Crippen molar-refractivity contribution in [3.8, 4) is 0 Å². The van der Waals surface area contributed by atoms with Gasteiger partial charge in [0.1, 0.15) is 0 Å². The Morgan fingerprint density at radius 1 is 1.47 bits per heavy atom. The van der Waals surface area contributed by atoms with E-state index in [9.17, 15) is 0 Å². The molecule has 1 aromatic carbocycles. The summed E-state index contributed by atoms with van der Waals surface area (Å²) < 4.78 is 5.58. The van der Waals surface area contributed by atoms with E-state index < -0.39 is 0 Å². The maximum atomic E-state index is 5.58. The molecule has 102 valence electrons. The second-order valence-electron chi connectivity index (χ2n) is 4.98. The van der Waals surface area contributed by atoms with Crippen LogP contribution in [0.4, 0.5) is 0 Å². The van der Waals surface area contributed by atoms with Crippen LogP contribution < -0.4 is 5.32 Å². The first-order valence-corrected chi connectivity index (χ1v) is 7.52. The van der Waals surface area contributed by atoms with E-state index in [1.54, 1.807) is 11.8 Å². The van der Waals surface area contributed by atoms with Gasteiger partial charge in [-0.1, -0.05) is 17.8 Å². The second kappa shape index (κ2) is 5.53. The van der Waals surface area contributed by atoms with Crippen molar-refractivity contribution in [2.24, 2.45) is 0 Å². The average Bonchev–Trinajstić information content (AvgIpc) is 2.80. The molecule has 0 saturated carbocycles. The number of aromatic amines is 1. The van der Waals surface area contributed by atoms with Gasteiger partial charge >= 0.3 is 0 Å². The summed E-state index contributed by atoms with van der Waals surface area (Å²) in [7, 11) is 2.02. The van der Waals surface area contributed by atoms with Crippen LogP contribution in [-0.4, -0.2) is 41.5 Å². The van der Waals surface area contributed by atoms with Crippen molar-refractivity contribution < 1.29 is 4.74 Å². The molecule has 2 heterocycles. The van der Waals surface area contributed by atoms with E-state index in [1.165, 1.54) is 5.56 Å². The van der Waals surface area contributed by atoms with E-state index in [4.69, 9.17) is 4.74 Å². The van der Waals surface area contributed by atoms with Gasteiger partial charge in [0.15, 0.2) is 5.16 Å². The van der Waals surface area contributed by atoms with Gasteiger partial charge < -0.3 is 15.0 Å². The summed E-state index contributed by atoms with van der Waals surface area (Å²) in [5.74, 6) is 0. The van der Waals surface area contributed by atoms with Crippen LogP contribution in [0, 0.1) is 6.92 Å². The van der Waals surface area contributed by atoms with E-state index in [2.05, 4.69) is 40.4 Å². The number of fused-ring (bicyclic) bond motifs is 1. The summed E-state index contributed by atoms with van der Waals surface area (Å²) in [6, 6.07) is 6.79. The third-order valence-electron chi connectivity index (χ3n) is 3.55. The monoisotopic (exact) mass is 277 g/mol. The first kappa shape index (κ1) is 13.0. The summed E-state index contributed by atoms with van der Waals surface area (Å²) in [6.07, 6.45) is 1.06. The van der Waals surface area contributed by atoms with E-state index in [1.807, 2.05) is 7.05 Å². The predicted octanol–water partition coefficient (Wildman–Crippen LogP) is 2.34. The van der Waals surface area contributed by atoms with Crippen molar-refractivity contribution >= 4 is 22.8 Å². The lowest BCUT2D eigenvalue weighted by molar-refractivity contribution is 0.0850. The molecule has 1 aliphatic heterocycles. The molecule has 1 aliphatic rings. The van der Waals surface area contributed by atoms with Crippen molar-refractivity contribution in [3.05, 3.63) is 23.8 Å². The van der Waals surface area contributed by atoms with Crippen molar-refractivity contribution in [2.45, 2.75) is 29.8 Å². The molecule has 0 bridgehead atoms. The van der Waals surface area contributed by atoms with E-state index >= 15 is 0 Å². The van der Waals surface area contributed by atoms with Crippen LogP contribution in [0.5, 0.6) is 0 Å². The lowest BCUT2D eigenvalue weighted by atomic mass is 10.1. The molecule has 2 atom stereocenters. The topological polar surface area (TPSA) is 49.9 Å². The lowest BCUT2D eigenvalue weighted by Gasteiger charge is -2.29. The van der Waals surface area contributed by atoms with Crippen molar-refractivity contribution in [1.29, 1.82) is 0 Å². The molecule has 2 aromatic rings. The molecule has 1 saturated heterocycles. The number of H-pyrrole nitrogens is 1. The highest BCUT2D eigenvalue weighted by Gasteiger charge is 2.26. The summed E-state index contributed by atoms with van der Waals surface area (Å²) in [5, 5.41) is 4.77. The Hall–Kier alpha value is -1.04. The van der Waals surface area contributed by atoms with Gasteiger partial charge in [-0.05, 0) is 38.1 Å². The number of hydrogen-bond acceptors (Lipinski definition) is 4. The van der Waals surface area contributed by atoms with E-state index in [0.717, 1.165) is 35.8 Å². The van der Waals surface area contributed by atoms with E-state index in [-0.39, 0.29) is 0 Å². The molecule has 2 unspecified atom stereocenters. The maximum absolute atomic E-state index is 5.58. The number of rotatable bonds is 3. The van der Waals surface area contributed by atoms with Gasteiger partial charge in [-0.2, -0.15) is 0 Å². The molecule has 4 nitrogen and oxygen atoms in total. The highest BCUT2D eigenvalue weighted by molar-refractivity contribution is 7.99. The summed E-state index contributed by atoms with van der Waals surface area (Å²) in [6.45, 7) is 3.73. The zero-order valence-electron chi connectivity index (χ0n) is 11.3. The Bertz CT molecular complexity index is 569. The Labute approximate surface area is 117 Å². The number of nitrogens with zero attached hydrogens (tertiary/aromatic N) is 1. The zero-order valence-corrected chi connectivity index (χ0v) is 12.1. The Morgan fingerprint density at radius 3 is 3.21 bits per heavy atom. The first-order valence-electron chi connectivity index (χ1n) is 6.64. The Balaban J connectivity index is 1.80. The van der Waals surface area contributed by atoms with Crippen LogP contribution in [-0.2, 0) is 4.74 Å². The molecule has 1 aromatic heterocycles. The van der Waals surface area contributed by atoms with Gasteiger partial charge in [0, 0.05) is 12.6 Å². The fraction of sp³-hybridized carbons (Fsp3) is 0.500. The second-order valence-corrected chi connectivity index (χ2v) is 6.21. The fourth-order valence-corrected chi connectivity index (χ4v) is 3.66. The van der Waals surface area contributed by atoms with Crippen LogP contribution in [0.1, 0.15) is 12.0 Å². The lowest BCUT2D eigenvalue weighted by Crippen LogP contribution is -2.43. The number of hydrogen-bond donors (Lipinski definition) is 2. The van der Waals surface area contributed by atoms with Crippen molar-refractivity contribution in [1.82, 2.24) is 15.3 Å². The van der Waals surface area contributed by atoms with Crippen molar-refractivity contribution in [3.63, 3.8) is 0 Å². The van der Waals surface area contributed by atoms with Crippen LogP contribution >= 0.6 is 11.8 Å². The van der Waals surface area contributed by atoms with Crippen LogP contribution in [0.25, 0.3) is 11.0 Å². The van der Waals surface area contributed by atoms with Gasteiger partial charge in [0.25, 0.3) is 0 Å². The van der Waals surface area contributed by atoms with Crippen LogP contribution in [0.15, 0.2) is 23.4 Å². The molecule has 0 aliphatic carbocycles. The highest BCUT2D eigenvalue weighted by Crippen LogP contribution is 2.28. The summed E-state index contributed by atoms with van der Waals surface area (Å²) in [4.78, 5) is 8.04. The van der Waals surface area contributed by atoms with Gasteiger partial charge in [0.05, 0.1) is 22.9 Å². The SMILES string of the molecule is CNC1CCOCC1Sc1nc2ccc(C)cc2[nH]1. The summed E-state index contributed by atoms with van der Waals surface area (Å²) >= 11 is 1.77. The molecule has 0 radical (unpaired) electrons. The molecule has 3 rings (SSSR count). The standard InChI is InChI=1S/C14H19N3OS/c1-9-3-4-10-12(7-9)17-14(16-10)19-13-8-18-6-5-11(13)15-2/h3-4,7,11,13,15H,5-6,8H2,1-2H3,(H,16,17). The zero-order chi connectivity index (χ0) is 13.2. The molecule has 19 heavy (non-hydrogen) atoms. The minimum atomic E-state index is 0.417. The van der Waals surface area contributed by atoms with Gasteiger partial charge in [-0.25, -0.2) is 4.98 Å². The minimum Gasteiger partial charge on any atom is -0.380 e. The molecule has 5 heteroatoms. The number of nitrogens with one attached hydrogen (secondary N) is 2. The predicted molar refractivity (Wildman–Crippen MR) is 78.8 cm³/mol. The quantitative estimate of drug-likeness (QED) is 0.904. The fourth-order valence-electron chi connectivity index (χ4n) is 2.46. The van der Waals surface area contributed by atoms with Crippen molar-refractivity contribution in [2.75, 3.05) is 20.3 Å². The smallest absolute Gasteiger partial charge is 0.166 e. The number of benzene rings is 1. The van der Waals surface area contributed by atoms with Crippen LogP contribution in [0.2, 0.25) is 0 Å². The molecule has 2 N–H and O–H groups in total. The number of thioether (sulfide) groups is 1. The average molecular weight is 277 g/mol. The normalized spacial score (nSPS) is 23.9. The number of imidazole rings is 1. The first-order chi connectivity index (χ1) is 9.26. The molecular formula is C14H19N3OS. The Morgan fingerprint density at radius 2 is 2.37 bits per heavy atom.